The van der Waals surface area contributed by atoms with Crippen molar-refractivity contribution in [2.24, 2.45) is 11.5 Å². The highest BCUT2D eigenvalue weighted by molar-refractivity contribution is 7.98. The number of nitrogens with one attached hydrogen (secondary N) is 4. The van der Waals surface area contributed by atoms with Gasteiger partial charge in [-0.25, -0.2) is 9.78 Å². The number of aliphatic carboxylic acids is 2. The summed E-state index contributed by atoms with van der Waals surface area (Å²) in [7, 11) is 0. The average molecular weight is 516 g/mol. The van der Waals surface area contributed by atoms with Crippen LogP contribution >= 0.6 is 11.8 Å². The second kappa shape index (κ2) is 14.6. The van der Waals surface area contributed by atoms with Crippen molar-refractivity contribution < 1.29 is 39.0 Å². The fourth-order valence-electron chi connectivity index (χ4n) is 2.81. The van der Waals surface area contributed by atoms with Crippen molar-refractivity contribution in [1.29, 1.82) is 0 Å². The van der Waals surface area contributed by atoms with Crippen LogP contribution in [0.15, 0.2) is 12.5 Å². The van der Waals surface area contributed by atoms with Crippen LogP contribution in [0.2, 0.25) is 0 Å². The number of rotatable bonds is 16. The van der Waals surface area contributed by atoms with Gasteiger partial charge in [-0.2, -0.15) is 11.8 Å². The molecule has 0 aliphatic heterocycles. The third-order valence-corrected chi connectivity index (χ3v) is 5.26. The van der Waals surface area contributed by atoms with E-state index in [9.17, 15) is 33.9 Å². The minimum Gasteiger partial charge on any atom is -0.481 e. The Morgan fingerprint density at radius 1 is 1.00 bits per heavy atom. The van der Waals surface area contributed by atoms with E-state index >= 15 is 0 Å². The van der Waals surface area contributed by atoms with Crippen molar-refractivity contribution in [1.82, 2.24) is 25.9 Å². The predicted octanol–water partition coefficient (Wildman–Crippen LogP) is -3.08. The molecule has 35 heavy (non-hydrogen) atoms. The molecule has 4 amide bonds. The molecule has 10 N–H and O–H groups in total. The topological polar surface area (TPSA) is 260 Å². The van der Waals surface area contributed by atoms with E-state index < -0.39 is 72.6 Å². The lowest BCUT2D eigenvalue weighted by molar-refractivity contribution is -0.143. The second-order valence-electron chi connectivity index (χ2n) is 7.46. The second-order valence-corrected chi connectivity index (χ2v) is 8.44. The summed E-state index contributed by atoms with van der Waals surface area (Å²) in [5, 5.41) is 25.1. The van der Waals surface area contributed by atoms with Gasteiger partial charge in [0.15, 0.2) is 0 Å². The van der Waals surface area contributed by atoms with Gasteiger partial charge in [-0.1, -0.05) is 0 Å². The van der Waals surface area contributed by atoms with E-state index in [1.165, 1.54) is 24.3 Å². The lowest BCUT2D eigenvalue weighted by Gasteiger charge is -2.24. The first kappa shape index (κ1) is 29.4. The Balaban J connectivity index is 2.97. The molecule has 194 valence electrons. The summed E-state index contributed by atoms with van der Waals surface area (Å²) >= 11 is 1.44. The minimum absolute atomic E-state index is 0.177. The molecule has 0 aliphatic carbocycles. The maximum absolute atomic E-state index is 12.7. The van der Waals surface area contributed by atoms with Gasteiger partial charge in [-0.15, -0.1) is 0 Å². The number of aromatic nitrogens is 2. The van der Waals surface area contributed by atoms with E-state index in [1.54, 1.807) is 6.26 Å². The highest BCUT2D eigenvalue weighted by Crippen LogP contribution is 2.04. The number of hydrogen-bond acceptors (Lipinski definition) is 9. The molecule has 1 aromatic heterocycles. The standard InChI is InChI=1S/C19H29N7O8S/c1-35-3-2-10(20)16(30)24-12(6-15(28)29)18(32)25-11(5-14(21)27)17(31)26-13(19(33)34)4-9-7-22-8-23-9/h7-8,10-13H,2-6,20H2,1H3,(H2,21,27)(H,22,23)(H,24,30)(H,25,32)(H,26,31)(H,28,29)(H,33,34). The summed E-state index contributed by atoms with van der Waals surface area (Å²) in [5.74, 6) is -6.20. The van der Waals surface area contributed by atoms with Crippen LogP contribution < -0.4 is 27.4 Å². The van der Waals surface area contributed by atoms with Gasteiger partial charge in [-0.05, 0) is 18.4 Å². The molecule has 0 saturated carbocycles. The number of H-pyrrole nitrogens is 1. The number of primary amides is 1. The number of hydrogen-bond donors (Lipinski definition) is 8. The monoisotopic (exact) mass is 515 g/mol. The van der Waals surface area contributed by atoms with Crippen LogP contribution in [0.25, 0.3) is 0 Å². The van der Waals surface area contributed by atoms with Crippen molar-refractivity contribution in [2.45, 2.75) is 49.9 Å². The number of amides is 4. The van der Waals surface area contributed by atoms with E-state index in [4.69, 9.17) is 16.6 Å². The van der Waals surface area contributed by atoms with E-state index in [0.717, 1.165) is 0 Å². The predicted molar refractivity (Wildman–Crippen MR) is 123 cm³/mol. The molecular formula is C19H29N7O8S. The van der Waals surface area contributed by atoms with E-state index in [-0.39, 0.29) is 12.8 Å². The Morgan fingerprint density at radius 2 is 1.57 bits per heavy atom. The van der Waals surface area contributed by atoms with Gasteiger partial charge in [0, 0.05) is 18.3 Å². The summed E-state index contributed by atoms with van der Waals surface area (Å²) in [5.41, 5.74) is 11.3. The molecule has 1 aromatic rings. The van der Waals surface area contributed by atoms with Gasteiger partial charge in [0.1, 0.15) is 18.1 Å². The zero-order chi connectivity index (χ0) is 26.5. The first-order valence-corrected chi connectivity index (χ1v) is 11.7. The molecule has 0 fully saturated rings. The molecule has 1 heterocycles. The van der Waals surface area contributed by atoms with Gasteiger partial charge < -0.3 is 42.6 Å². The van der Waals surface area contributed by atoms with Gasteiger partial charge >= 0.3 is 11.9 Å². The van der Waals surface area contributed by atoms with Crippen LogP contribution in [0.4, 0.5) is 0 Å². The number of carbonyl (C=O) groups excluding carboxylic acids is 4. The first-order chi connectivity index (χ1) is 16.4. The molecule has 15 nitrogen and oxygen atoms in total. The Hall–Kier alpha value is -3.66. The van der Waals surface area contributed by atoms with Gasteiger partial charge in [0.25, 0.3) is 0 Å². The van der Waals surface area contributed by atoms with Crippen LogP contribution in [-0.2, 0) is 35.2 Å². The largest absolute Gasteiger partial charge is 0.481 e. The molecule has 1 rings (SSSR count). The van der Waals surface area contributed by atoms with Gasteiger partial charge in [0.05, 0.1) is 25.2 Å². The van der Waals surface area contributed by atoms with Crippen molar-refractivity contribution in [3.05, 3.63) is 18.2 Å². The third kappa shape index (κ3) is 10.9. The Labute approximate surface area is 204 Å². The Morgan fingerprint density at radius 3 is 2.06 bits per heavy atom. The van der Waals surface area contributed by atoms with Crippen LogP contribution in [0.5, 0.6) is 0 Å². The zero-order valence-corrected chi connectivity index (χ0v) is 19.7. The smallest absolute Gasteiger partial charge is 0.326 e. The maximum atomic E-state index is 12.7. The average Bonchev–Trinajstić information content (AvgIpc) is 3.28. The highest BCUT2D eigenvalue weighted by atomic mass is 32.2. The number of carboxylic acids is 2. The Kier molecular flexibility index (Phi) is 12.2. The molecule has 16 heteroatoms. The zero-order valence-electron chi connectivity index (χ0n) is 18.9. The first-order valence-electron chi connectivity index (χ1n) is 10.3. The van der Waals surface area contributed by atoms with E-state index in [0.29, 0.717) is 11.4 Å². The van der Waals surface area contributed by atoms with Crippen molar-refractivity contribution in [3.8, 4) is 0 Å². The number of aromatic amines is 1. The molecule has 0 radical (unpaired) electrons. The van der Waals surface area contributed by atoms with Crippen molar-refractivity contribution in [2.75, 3.05) is 12.0 Å². The lowest BCUT2D eigenvalue weighted by atomic mass is 10.1. The summed E-state index contributed by atoms with van der Waals surface area (Å²) in [6.07, 6.45) is 3.02. The summed E-state index contributed by atoms with van der Waals surface area (Å²) in [6, 6.07) is -5.71. The number of carboxylic acid groups (broad SMARTS) is 2. The number of nitrogens with zero attached hydrogens (tertiary/aromatic N) is 1. The maximum Gasteiger partial charge on any atom is 0.326 e. The molecule has 0 bridgehead atoms. The number of thioether (sulfide) groups is 1. The lowest BCUT2D eigenvalue weighted by Crippen LogP contribution is -2.58. The van der Waals surface area contributed by atoms with Gasteiger partial charge in [0.2, 0.25) is 23.6 Å². The van der Waals surface area contributed by atoms with Crippen LogP contribution in [0.3, 0.4) is 0 Å². The normalized spacial score (nSPS) is 14.1. The fraction of sp³-hybridized carbons (Fsp3) is 0.526. The van der Waals surface area contributed by atoms with Crippen LogP contribution in [-0.4, -0.2) is 91.9 Å². The molecule has 0 aromatic carbocycles. The minimum atomic E-state index is -1.64. The highest BCUT2D eigenvalue weighted by Gasteiger charge is 2.32. The molecule has 0 saturated heterocycles. The van der Waals surface area contributed by atoms with Crippen LogP contribution in [0.1, 0.15) is 25.0 Å². The molecule has 0 aliphatic rings. The number of imidazole rings is 1. The molecule has 0 spiro atoms. The SMILES string of the molecule is CSCCC(N)C(=O)NC(CC(=O)O)C(=O)NC(CC(N)=O)C(=O)NC(Cc1cnc[nH]1)C(=O)O. The summed E-state index contributed by atoms with van der Waals surface area (Å²) in [6.45, 7) is 0. The van der Waals surface area contributed by atoms with Crippen molar-refractivity contribution >= 4 is 47.3 Å². The Bertz CT molecular complexity index is 911. The van der Waals surface area contributed by atoms with Crippen LogP contribution in [0, 0.1) is 0 Å². The molecule has 4 unspecified atom stereocenters. The van der Waals surface area contributed by atoms with Gasteiger partial charge in [-0.3, -0.25) is 24.0 Å². The van der Waals surface area contributed by atoms with E-state index in [1.807, 2.05) is 0 Å². The number of nitrogens with two attached hydrogens (primary N) is 2. The third-order valence-electron chi connectivity index (χ3n) is 4.61. The van der Waals surface area contributed by atoms with Crippen molar-refractivity contribution in [3.63, 3.8) is 0 Å². The molecular weight excluding hydrogens is 486 g/mol. The quantitative estimate of drug-likeness (QED) is 0.109. The summed E-state index contributed by atoms with van der Waals surface area (Å²) in [4.78, 5) is 78.4. The number of carbonyl (C=O) groups is 6. The molecule has 4 atom stereocenters. The van der Waals surface area contributed by atoms with E-state index in [2.05, 4.69) is 25.9 Å². The fourth-order valence-corrected chi connectivity index (χ4v) is 3.30. The summed E-state index contributed by atoms with van der Waals surface area (Å²) < 4.78 is 0.